The maximum Gasteiger partial charge on any atom is 0.229 e. The van der Waals surface area contributed by atoms with E-state index in [0.29, 0.717) is 5.95 Å². The summed E-state index contributed by atoms with van der Waals surface area (Å²) in [6.07, 6.45) is 4.25. The quantitative estimate of drug-likeness (QED) is 0.787. The number of rotatable bonds is 7. The first kappa shape index (κ1) is 13.7. The van der Waals surface area contributed by atoms with E-state index < -0.39 is 0 Å². The van der Waals surface area contributed by atoms with Crippen molar-refractivity contribution in [2.75, 3.05) is 30.9 Å². The molecule has 0 amide bonds. The molecule has 0 saturated carbocycles. The minimum absolute atomic E-state index is 0.691. The van der Waals surface area contributed by atoms with E-state index >= 15 is 0 Å². The second-order valence-electron chi connectivity index (χ2n) is 4.30. The Morgan fingerprint density at radius 3 is 2.41 bits per heavy atom. The zero-order valence-electron chi connectivity index (χ0n) is 11.3. The summed E-state index contributed by atoms with van der Waals surface area (Å²) < 4.78 is 0. The minimum Gasteiger partial charge on any atom is -0.354 e. The first-order valence-corrected chi connectivity index (χ1v) is 6.33. The van der Waals surface area contributed by atoms with Crippen molar-refractivity contribution < 1.29 is 0 Å². The number of nitrogens with zero attached hydrogens (tertiary/aromatic N) is 4. The molecule has 0 atom stereocenters. The molecule has 1 rings (SSSR count). The molecule has 0 aromatic carbocycles. The van der Waals surface area contributed by atoms with Gasteiger partial charge in [0.2, 0.25) is 11.9 Å². The highest BCUT2D eigenvalue weighted by Crippen LogP contribution is 2.10. The lowest BCUT2D eigenvalue weighted by Gasteiger charge is -2.13. The molecule has 0 radical (unpaired) electrons. The summed E-state index contributed by atoms with van der Waals surface area (Å²) in [5.74, 6) is 2.30. The van der Waals surface area contributed by atoms with E-state index in [-0.39, 0.29) is 0 Å². The minimum atomic E-state index is 0.691. The monoisotopic (exact) mass is 237 g/mol. The van der Waals surface area contributed by atoms with Gasteiger partial charge in [-0.1, -0.05) is 20.3 Å². The molecule has 1 aromatic rings. The van der Waals surface area contributed by atoms with Crippen LogP contribution in [0, 0.1) is 0 Å². The van der Waals surface area contributed by atoms with Gasteiger partial charge < -0.3 is 10.2 Å². The Morgan fingerprint density at radius 1 is 1.06 bits per heavy atom. The topological polar surface area (TPSA) is 53.9 Å². The molecular weight excluding hydrogens is 214 g/mol. The molecule has 0 aliphatic rings. The van der Waals surface area contributed by atoms with Gasteiger partial charge in [-0.3, -0.25) is 0 Å². The Kier molecular flexibility index (Phi) is 5.66. The Morgan fingerprint density at radius 2 is 1.82 bits per heavy atom. The molecule has 0 aliphatic carbocycles. The second kappa shape index (κ2) is 7.04. The van der Waals surface area contributed by atoms with Crippen molar-refractivity contribution in [3.05, 3.63) is 5.82 Å². The normalized spacial score (nSPS) is 10.4. The Balaban J connectivity index is 2.84. The fraction of sp³-hybridized carbons (Fsp3) is 0.750. The van der Waals surface area contributed by atoms with Crippen molar-refractivity contribution in [3.63, 3.8) is 0 Å². The van der Waals surface area contributed by atoms with E-state index in [1.807, 2.05) is 19.0 Å². The van der Waals surface area contributed by atoms with E-state index in [4.69, 9.17) is 0 Å². The van der Waals surface area contributed by atoms with Crippen molar-refractivity contribution in [2.45, 2.75) is 39.5 Å². The van der Waals surface area contributed by atoms with Crippen molar-refractivity contribution in [1.29, 1.82) is 0 Å². The zero-order chi connectivity index (χ0) is 12.7. The highest BCUT2D eigenvalue weighted by atomic mass is 15.3. The van der Waals surface area contributed by atoms with Gasteiger partial charge in [0.25, 0.3) is 0 Å². The summed E-state index contributed by atoms with van der Waals surface area (Å²) >= 11 is 0. The van der Waals surface area contributed by atoms with Crippen LogP contribution in [-0.4, -0.2) is 35.6 Å². The van der Waals surface area contributed by atoms with E-state index in [0.717, 1.165) is 44.0 Å². The SMILES string of the molecule is CCCCc1nc(NCCC)nc(N(C)C)n1. The summed E-state index contributed by atoms with van der Waals surface area (Å²) in [6.45, 7) is 5.19. The van der Waals surface area contributed by atoms with Gasteiger partial charge in [-0.2, -0.15) is 15.0 Å². The first-order chi connectivity index (χ1) is 8.17. The highest BCUT2D eigenvalue weighted by molar-refractivity contribution is 5.35. The number of hydrogen-bond acceptors (Lipinski definition) is 5. The molecule has 0 aliphatic heterocycles. The van der Waals surface area contributed by atoms with Crippen molar-refractivity contribution >= 4 is 11.9 Å². The molecule has 0 bridgehead atoms. The maximum absolute atomic E-state index is 4.44. The van der Waals surface area contributed by atoms with Gasteiger partial charge in [-0.05, 0) is 12.8 Å². The second-order valence-corrected chi connectivity index (χ2v) is 4.30. The largest absolute Gasteiger partial charge is 0.354 e. The fourth-order valence-corrected chi connectivity index (χ4v) is 1.37. The molecule has 1 aromatic heterocycles. The van der Waals surface area contributed by atoms with E-state index in [1.165, 1.54) is 0 Å². The van der Waals surface area contributed by atoms with Crippen LogP contribution in [0.2, 0.25) is 0 Å². The molecule has 0 saturated heterocycles. The van der Waals surface area contributed by atoms with Gasteiger partial charge in [0.15, 0.2) is 0 Å². The van der Waals surface area contributed by atoms with Gasteiger partial charge in [-0.25, -0.2) is 0 Å². The van der Waals surface area contributed by atoms with Gasteiger partial charge in [-0.15, -0.1) is 0 Å². The van der Waals surface area contributed by atoms with Crippen LogP contribution in [0.25, 0.3) is 0 Å². The standard InChI is InChI=1S/C12H23N5/c1-5-7-8-10-14-11(13-9-6-2)16-12(15-10)17(3)4/h5-9H2,1-4H3,(H,13,14,15,16). The molecule has 17 heavy (non-hydrogen) atoms. The third-order valence-corrected chi connectivity index (χ3v) is 2.36. The van der Waals surface area contributed by atoms with E-state index in [1.54, 1.807) is 0 Å². The summed E-state index contributed by atoms with van der Waals surface area (Å²) in [5.41, 5.74) is 0. The lowest BCUT2D eigenvalue weighted by atomic mass is 10.2. The van der Waals surface area contributed by atoms with Crippen LogP contribution < -0.4 is 10.2 Å². The number of nitrogens with one attached hydrogen (secondary N) is 1. The van der Waals surface area contributed by atoms with E-state index in [9.17, 15) is 0 Å². The zero-order valence-corrected chi connectivity index (χ0v) is 11.3. The molecule has 1 N–H and O–H groups in total. The van der Waals surface area contributed by atoms with Crippen LogP contribution in [0.4, 0.5) is 11.9 Å². The third-order valence-electron chi connectivity index (χ3n) is 2.36. The van der Waals surface area contributed by atoms with Crippen LogP contribution in [0.3, 0.4) is 0 Å². The Hall–Kier alpha value is -1.39. The van der Waals surface area contributed by atoms with Gasteiger partial charge >= 0.3 is 0 Å². The Bertz CT molecular complexity index is 311. The summed E-state index contributed by atoms with van der Waals surface area (Å²) in [7, 11) is 3.89. The van der Waals surface area contributed by atoms with Gasteiger partial charge in [0, 0.05) is 27.1 Å². The molecule has 0 spiro atoms. The average molecular weight is 237 g/mol. The van der Waals surface area contributed by atoms with Crippen LogP contribution >= 0.6 is 0 Å². The lowest BCUT2D eigenvalue weighted by Crippen LogP contribution is -2.17. The molecule has 96 valence electrons. The first-order valence-electron chi connectivity index (χ1n) is 6.33. The van der Waals surface area contributed by atoms with E-state index in [2.05, 4.69) is 34.1 Å². The predicted octanol–water partition coefficient (Wildman–Crippen LogP) is 2.10. The summed E-state index contributed by atoms with van der Waals surface area (Å²) in [4.78, 5) is 15.2. The summed E-state index contributed by atoms with van der Waals surface area (Å²) in [5, 5.41) is 3.22. The van der Waals surface area contributed by atoms with Crippen LogP contribution in [-0.2, 0) is 6.42 Å². The lowest BCUT2D eigenvalue weighted by molar-refractivity contribution is 0.741. The number of aromatic nitrogens is 3. The number of anilines is 2. The summed E-state index contributed by atoms with van der Waals surface area (Å²) in [6, 6.07) is 0. The van der Waals surface area contributed by atoms with Crippen LogP contribution in [0.5, 0.6) is 0 Å². The smallest absolute Gasteiger partial charge is 0.229 e. The van der Waals surface area contributed by atoms with Crippen molar-refractivity contribution in [2.24, 2.45) is 0 Å². The predicted molar refractivity (Wildman–Crippen MR) is 71.5 cm³/mol. The van der Waals surface area contributed by atoms with Crippen LogP contribution in [0.15, 0.2) is 0 Å². The molecular formula is C12H23N5. The fourth-order valence-electron chi connectivity index (χ4n) is 1.37. The third kappa shape index (κ3) is 4.54. The molecule has 5 nitrogen and oxygen atoms in total. The maximum atomic E-state index is 4.44. The number of unbranched alkanes of at least 4 members (excludes halogenated alkanes) is 1. The van der Waals surface area contributed by atoms with Crippen LogP contribution in [0.1, 0.15) is 38.9 Å². The Labute approximate surface area is 104 Å². The number of aryl methyl sites for hydroxylation is 1. The van der Waals surface area contributed by atoms with Gasteiger partial charge in [0.1, 0.15) is 5.82 Å². The van der Waals surface area contributed by atoms with Gasteiger partial charge in [0.05, 0.1) is 0 Å². The molecule has 5 heteroatoms. The van der Waals surface area contributed by atoms with Crippen molar-refractivity contribution in [1.82, 2.24) is 15.0 Å². The van der Waals surface area contributed by atoms with Crippen molar-refractivity contribution in [3.8, 4) is 0 Å². The highest BCUT2D eigenvalue weighted by Gasteiger charge is 2.07. The average Bonchev–Trinajstić information content (AvgIpc) is 2.33. The molecule has 0 fully saturated rings. The molecule has 0 unspecified atom stereocenters. The number of hydrogen-bond donors (Lipinski definition) is 1. The molecule has 1 heterocycles.